The molecule has 2 aromatic carbocycles. The number of methoxy groups -OCH3 is 1. The summed E-state index contributed by atoms with van der Waals surface area (Å²) in [6.45, 7) is 2.74. The van der Waals surface area contributed by atoms with Crippen molar-refractivity contribution in [2.45, 2.75) is 19.4 Å². The summed E-state index contributed by atoms with van der Waals surface area (Å²) in [5.74, 6) is 0.139. The lowest BCUT2D eigenvalue weighted by atomic mass is 10.0. The number of primary amides is 1. The Kier molecular flexibility index (Phi) is 6.56. The van der Waals surface area contributed by atoms with E-state index in [9.17, 15) is 4.79 Å². The van der Waals surface area contributed by atoms with Crippen LogP contribution in [0.25, 0.3) is 10.9 Å². The number of anilines is 1. The molecule has 29 heavy (non-hydrogen) atoms. The van der Waals surface area contributed by atoms with Crippen LogP contribution in [0.4, 0.5) is 5.69 Å². The molecule has 0 spiro atoms. The molecule has 0 radical (unpaired) electrons. The molecule has 1 aromatic heterocycles. The van der Waals surface area contributed by atoms with E-state index in [0.717, 1.165) is 28.6 Å². The van der Waals surface area contributed by atoms with Gasteiger partial charge < -0.3 is 21.1 Å². The van der Waals surface area contributed by atoms with Gasteiger partial charge in [0.25, 0.3) is 5.91 Å². The highest BCUT2D eigenvalue weighted by Crippen LogP contribution is 2.33. The van der Waals surface area contributed by atoms with Crippen molar-refractivity contribution in [3.8, 4) is 5.75 Å². The molecule has 0 saturated carbocycles. The maximum Gasteiger partial charge on any atom is 0.250 e. The van der Waals surface area contributed by atoms with Crippen molar-refractivity contribution >= 4 is 34.1 Å². The first kappa shape index (κ1) is 20.9. The lowest BCUT2D eigenvalue weighted by Gasteiger charge is -2.24. The number of carbonyl (C=O) groups is 1. The van der Waals surface area contributed by atoms with Crippen LogP contribution < -0.4 is 21.1 Å². The maximum absolute atomic E-state index is 11.9. The number of amides is 1. The number of para-hydroxylation sites is 1. The zero-order chi connectivity index (χ0) is 21.0. The molecule has 6 nitrogen and oxygen atoms in total. The standard InChI is InChI=1S/C22H25ClN4O2/c1-4-13-11-26-21-15(6-5-7-16(21)22(24)28)20(13)27-18(12-25-2)14-8-9-19(29-3)17(23)10-14/h5-11,18,25H,4,12H2,1-3H3,(H2,24,28)(H,26,27)/t18-/m1/s1. The van der Waals surface area contributed by atoms with E-state index in [1.807, 2.05) is 37.4 Å². The number of carbonyl (C=O) groups excluding carboxylic acids is 1. The fourth-order valence-electron chi connectivity index (χ4n) is 3.43. The van der Waals surface area contributed by atoms with Crippen LogP contribution in [-0.2, 0) is 6.42 Å². The average molecular weight is 413 g/mol. The van der Waals surface area contributed by atoms with E-state index in [1.165, 1.54) is 0 Å². The number of fused-ring (bicyclic) bond motifs is 1. The highest BCUT2D eigenvalue weighted by Gasteiger charge is 2.18. The first-order valence-electron chi connectivity index (χ1n) is 9.45. The number of nitrogens with zero attached hydrogens (tertiary/aromatic N) is 1. The Morgan fingerprint density at radius 1 is 1.31 bits per heavy atom. The molecule has 3 aromatic rings. The van der Waals surface area contributed by atoms with E-state index < -0.39 is 5.91 Å². The van der Waals surface area contributed by atoms with Gasteiger partial charge in [-0.15, -0.1) is 0 Å². The number of hydrogen-bond donors (Lipinski definition) is 3. The van der Waals surface area contributed by atoms with Crippen LogP contribution >= 0.6 is 11.6 Å². The van der Waals surface area contributed by atoms with Crippen LogP contribution in [-0.4, -0.2) is 31.6 Å². The molecule has 0 fully saturated rings. The Balaban J connectivity index is 2.11. The zero-order valence-corrected chi connectivity index (χ0v) is 17.5. The molecule has 0 aliphatic carbocycles. The molecular weight excluding hydrogens is 388 g/mol. The predicted octanol–water partition coefficient (Wildman–Crippen LogP) is 3.93. The highest BCUT2D eigenvalue weighted by atomic mass is 35.5. The van der Waals surface area contributed by atoms with E-state index in [0.29, 0.717) is 28.4 Å². The quantitative estimate of drug-likeness (QED) is 0.521. The number of aryl methyl sites for hydroxylation is 1. The van der Waals surface area contributed by atoms with Crippen molar-refractivity contribution in [1.82, 2.24) is 10.3 Å². The summed E-state index contributed by atoms with van der Waals surface area (Å²) >= 11 is 6.35. The number of benzene rings is 2. The van der Waals surface area contributed by atoms with Gasteiger partial charge in [0.15, 0.2) is 0 Å². The van der Waals surface area contributed by atoms with Gasteiger partial charge in [0, 0.05) is 23.8 Å². The van der Waals surface area contributed by atoms with Gasteiger partial charge in [-0.05, 0) is 42.8 Å². The van der Waals surface area contributed by atoms with Gasteiger partial charge in [-0.1, -0.05) is 36.7 Å². The number of likely N-dealkylation sites (N-methyl/N-ethyl adjacent to an activating group) is 1. The lowest BCUT2D eigenvalue weighted by molar-refractivity contribution is 0.100. The second kappa shape index (κ2) is 9.11. The molecule has 0 bridgehead atoms. The van der Waals surface area contributed by atoms with Crippen molar-refractivity contribution in [3.63, 3.8) is 0 Å². The Labute approximate surface area is 175 Å². The number of nitrogens with one attached hydrogen (secondary N) is 2. The summed E-state index contributed by atoms with van der Waals surface area (Å²) in [6.07, 6.45) is 2.59. The molecule has 0 saturated heterocycles. The fourth-order valence-corrected chi connectivity index (χ4v) is 3.70. The minimum atomic E-state index is -0.494. The second-order valence-electron chi connectivity index (χ2n) is 6.73. The first-order valence-corrected chi connectivity index (χ1v) is 9.82. The third-order valence-corrected chi connectivity index (χ3v) is 5.22. The van der Waals surface area contributed by atoms with Crippen LogP contribution in [0.2, 0.25) is 5.02 Å². The molecule has 0 aliphatic rings. The summed E-state index contributed by atoms with van der Waals surface area (Å²) in [5.41, 5.74) is 9.56. The number of nitrogens with two attached hydrogens (primary N) is 1. The zero-order valence-electron chi connectivity index (χ0n) is 16.8. The first-order chi connectivity index (χ1) is 14.0. The van der Waals surface area contributed by atoms with E-state index in [1.54, 1.807) is 19.4 Å². The summed E-state index contributed by atoms with van der Waals surface area (Å²) in [7, 11) is 3.49. The molecule has 0 unspecified atom stereocenters. The van der Waals surface area contributed by atoms with Gasteiger partial charge in [-0.25, -0.2) is 0 Å². The Hall–Kier alpha value is -2.83. The highest BCUT2D eigenvalue weighted by molar-refractivity contribution is 6.32. The van der Waals surface area contributed by atoms with Crippen molar-refractivity contribution < 1.29 is 9.53 Å². The third kappa shape index (κ3) is 4.28. The molecule has 4 N–H and O–H groups in total. The molecule has 152 valence electrons. The Morgan fingerprint density at radius 3 is 2.72 bits per heavy atom. The van der Waals surface area contributed by atoms with Crippen LogP contribution in [0, 0.1) is 0 Å². The minimum Gasteiger partial charge on any atom is -0.495 e. The maximum atomic E-state index is 11.9. The van der Waals surface area contributed by atoms with Gasteiger partial charge in [-0.2, -0.15) is 0 Å². The number of halogens is 1. The molecule has 3 rings (SSSR count). The van der Waals surface area contributed by atoms with Crippen molar-refractivity contribution in [3.05, 3.63) is 64.3 Å². The summed E-state index contributed by atoms with van der Waals surface area (Å²) in [5, 5.41) is 8.28. The Bertz CT molecular complexity index is 1040. The minimum absolute atomic E-state index is 0.0588. The van der Waals surface area contributed by atoms with Crippen LogP contribution in [0.5, 0.6) is 5.75 Å². The monoisotopic (exact) mass is 412 g/mol. The summed E-state index contributed by atoms with van der Waals surface area (Å²) in [4.78, 5) is 16.4. The normalized spacial score (nSPS) is 12.0. The number of aromatic nitrogens is 1. The van der Waals surface area contributed by atoms with E-state index in [4.69, 9.17) is 22.1 Å². The molecular formula is C22H25ClN4O2. The topological polar surface area (TPSA) is 89.3 Å². The average Bonchev–Trinajstić information content (AvgIpc) is 2.72. The largest absolute Gasteiger partial charge is 0.495 e. The van der Waals surface area contributed by atoms with Crippen LogP contribution in [0.15, 0.2) is 42.6 Å². The molecule has 1 atom stereocenters. The lowest BCUT2D eigenvalue weighted by Crippen LogP contribution is -2.24. The molecule has 7 heteroatoms. The number of hydrogen-bond acceptors (Lipinski definition) is 5. The molecule has 0 aliphatic heterocycles. The van der Waals surface area contributed by atoms with Crippen LogP contribution in [0.1, 0.15) is 34.5 Å². The van der Waals surface area contributed by atoms with Crippen molar-refractivity contribution in [1.29, 1.82) is 0 Å². The smallest absolute Gasteiger partial charge is 0.250 e. The fraction of sp³-hybridized carbons (Fsp3) is 0.273. The van der Waals surface area contributed by atoms with Crippen molar-refractivity contribution in [2.75, 3.05) is 26.0 Å². The van der Waals surface area contributed by atoms with E-state index >= 15 is 0 Å². The van der Waals surface area contributed by atoms with Crippen LogP contribution in [0.3, 0.4) is 0 Å². The number of ether oxygens (including phenoxy) is 1. The van der Waals surface area contributed by atoms with E-state index in [2.05, 4.69) is 22.5 Å². The van der Waals surface area contributed by atoms with E-state index in [-0.39, 0.29) is 6.04 Å². The molecule has 1 heterocycles. The van der Waals surface area contributed by atoms with Gasteiger partial charge >= 0.3 is 0 Å². The second-order valence-corrected chi connectivity index (χ2v) is 7.13. The van der Waals surface area contributed by atoms with Crippen molar-refractivity contribution in [2.24, 2.45) is 5.73 Å². The SMILES string of the molecule is CCc1cnc2c(C(N)=O)cccc2c1N[C@H](CNC)c1ccc(OC)c(Cl)c1. The van der Waals surface area contributed by atoms with Gasteiger partial charge in [0.1, 0.15) is 5.75 Å². The number of rotatable bonds is 8. The number of pyridine rings is 1. The summed E-state index contributed by atoms with van der Waals surface area (Å²) < 4.78 is 5.27. The van der Waals surface area contributed by atoms with Gasteiger partial charge in [0.2, 0.25) is 0 Å². The van der Waals surface area contributed by atoms with Gasteiger partial charge in [0.05, 0.1) is 29.3 Å². The summed E-state index contributed by atoms with van der Waals surface area (Å²) in [6, 6.07) is 11.2. The third-order valence-electron chi connectivity index (χ3n) is 4.93. The van der Waals surface area contributed by atoms with Gasteiger partial charge in [-0.3, -0.25) is 9.78 Å². The molecule has 1 amide bonds. The Morgan fingerprint density at radius 2 is 2.10 bits per heavy atom. The predicted molar refractivity (Wildman–Crippen MR) is 118 cm³/mol.